The molecule has 1 aromatic heterocycles. The van der Waals surface area contributed by atoms with Crippen molar-refractivity contribution < 1.29 is 13.9 Å². The number of nitrogens with zero attached hydrogens (tertiary/aromatic N) is 2. The highest BCUT2D eigenvalue weighted by Gasteiger charge is 2.29. The van der Waals surface area contributed by atoms with Crippen molar-refractivity contribution in [1.29, 1.82) is 0 Å². The van der Waals surface area contributed by atoms with E-state index in [1.807, 2.05) is 46.0 Å². The SMILES string of the molecule is COc1ccc2c(ccn2CC(=O)N2CCCC2Cc2cccc(F)c2)c1. The highest BCUT2D eigenvalue weighted by molar-refractivity contribution is 5.84. The second kappa shape index (κ2) is 7.43. The van der Waals surface area contributed by atoms with Crippen molar-refractivity contribution in [3.63, 3.8) is 0 Å². The van der Waals surface area contributed by atoms with Gasteiger partial charge in [0, 0.05) is 29.7 Å². The summed E-state index contributed by atoms with van der Waals surface area (Å²) in [4.78, 5) is 14.9. The number of likely N-dealkylation sites (tertiary alicyclic amines) is 1. The Balaban J connectivity index is 1.48. The number of carbonyl (C=O) groups is 1. The van der Waals surface area contributed by atoms with E-state index in [-0.39, 0.29) is 17.8 Å². The first-order chi connectivity index (χ1) is 13.1. The topological polar surface area (TPSA) is 34.5 Å². The minimum atomic E-state index is -0.224. The predicted molar refractivity (Wildman–Crippen MR) is 103 cm³/mol. The second-order valence-corrected chi connectivity index (χ2v) is 7.09. The molecule has 1 aliphatic rings. The Morgan fingerprint density at radius 3 is 2.93 bits per heavy atom. The first-order valence-electron chi connectivity index (χ1n) is 9.31. The lowest BCUT2D eigenvalue weighted by atomic mass is 10.0. The van der Waals surface area contributed by atoms with Gasteiger partial charge >= 0.3 is 0 Å². The molecule has 0 spiro atoms. The van der Waals surface area contributed by atoms with Crippen molar-refractivity contribution in [3.05, 3.63) is 66.1 Å². The van der Waals surface area contributed by atoms with Crippen LogP contribution in [-0.4, -0.2) is 35.1 Å². The van der Waals surface area contributed by atoms with Gasteiger partial charge in [0.1, 0.15) is 18.1 Å². The van der Waals surface area contributed by atoms with Crippen LogP contribution in [0.15, 0.2) is 54.7 Å². The lowest BCUT2D eigenvalue weighted by molar-refractivity contribution is -0.132. The third-order valence-corrected chi connectivity index (χ3v) is 5.34. The molecule has 3 aromatic rings. The molecule has 0 saturated carbocycles. The Morgan fingerprint density at radius 1 is 1.22 bits per heavy atom. The van der Waals surface area contributed by atoms with E-state index in [1.165, 1.54) is 6.07 Å². The van der Waals surface area contributed by atoms with Crippen LogP contribution in [0.1, 0.15) is 18.4 Å². The van der Waals surface area contributed by atoms with Crippen molar-refractivity contribution in [1.82, 2.24) is 9.47 Å². The summed E-state index contributed by atoms with van der Waals surface area (Å²) in [6, 6.07) is 14.7. The van der Waals surface area contributed by atoms with Crippen LogP contribution in [0.3, 0.4) is 0 Å². The van der Waals surface area contributed by atoms with E-state index < -0.39 is 0 Å². The number of carbonyl (C=O) groups excluding carboxylic acids is 1. The van der Waals surface area contributed by atoms with Gasteiger partial charge in [-0.05, 0) is 61.2 Å². The van der Waals surface area contributed by atoms with Crippen molar-refractivity contribution in [3.8, 4) is 5.75 Å². The van der Waals surface area contributed by atoms with E-state index in [0.717, 1.165) is 41.6 Å². The van der Waals surface area contributed by atoms with E-state index in [2.05, 4.69) is 0 Å². The molecule has 1 unspecified atom stereocenters. The van der Waals surface area contributed by atoms with Gasteiger partial charge in [0.05, 0.1) is 7.11 Å². The molecule has 1 atom stereocenters. The van der Waals surface area contributed by atoms with Crippen LogP contribution in [0.5, 0.6) is 5.75 Å². The summed E-state index contributed by atoms with van der Waals surface area (Å²) in [5, 5.41) is 1.06. The molecule has 4 rings (SSSR count). The molecule has 0 radical (unpaired) electrons. The van der Waals surface area contributed by atoms with E-state index in [4.69, 9.17) is 4.74 Å². The summed E-state index contributed by atoms with van der Waals surface area (Å²) in [6.07, 6.45) is 4.61. The Hall–Kier alpha value is -2.82. The van der Waals surface area contributed by atoms with Crippen LogP contribution in [-0.2, 0) is 17.8 Å². The van der Waals surface area contributed by atoms with Crippen LogP contribution in [0.4, 0.5) is 4.39 Å². The summed E-state index contributed by atoms with van der Waals surface area (Å²) in [7, 11) is 1.65. The number of hydrogen-bond acceptors (Lipinski definition) is 2. The van der Waals surface area contributed by atoms with Gasteiger partial charge < -0.3 is 14.2 Å². The summed E-state index contributed by atoms with van der Waals surface area (Å²) in [6.45, 7) is 1.08. The average Bonchev–Trinajstić information content (AvgIpc) is 3.28. The van der Waals surface area contributed by atoms with Crippen molar-refractivity contribution in [2.24, 2.45) is 0 Å². The Bertz CT molecular complexity index is 966. The van der Waals surface area contributed by atoms with Crippen LogP contribution < -0.4 is 4.74 Å². The number of aromatic nitrogens is 1. The Kier molecular flexibility index (Phi) is 4.84. The summed E-state index contributed by atoms with van der Waals surface area (Å²) in [5.74, 6) is 0.695. The highest BCUT2D eigenvalue weighted by atomic mass is 19.1. The Morgan fingerprint density at radius 2 is 2.11 bits per heavy atom. The zero-order valence-electron chi connectivity index (χ0n) is 15.4. The number of fused-ring (bicyclic) bond motifs is 1. The van der Waals surface area contributed by atoms with Gasteiger partial charge in [-0.15, -0.1) is 0 Å². The summed E-state index contributed by atoms with van der Waals surface area (Å²) < 4.78 is 20.7. The number of methoxy groups -OCH3 is 1. The standard InChI is InChI=1S/C22H23FN2O2/c1-27-20-7-8-21-17(14-20)9-11-24(21)15-22(26)25-10-3-6-19(25)13-16-4-2-5-18(23)12-16/h2,4-5,7-9,11-12,14,19H,3,6,10,13,15H2,1H3. The van der Waals surface area contributed by atoms with Gasteiger partial charge in [-0.2, -0.15) is 0 Å². The van der Waals surface area contributed by atoms with E-state index in [0.29, 0.717) is 13.0 Å². The van der Waals surface area contributed by atoms with Crippen molar-refractivity contribution >= 4 is 16.8 Å². The van der Waals surface area contributed by atoms with Crippen LogP contribution in [0.2, 0.25) is 0 Å². The number of benzene rings is 2. The molecule has 5 heteroatoms. The molecule has 1 aliphatic heterocycles. The molecule has 140 valence electrons. The monoisotopic (exact) mass is 366 g/mol. The smallest absolute Gasteiger partial charge is 0.242 e. The van der Waals surface area contributed by atoms with Gasteiger partial charge in [0.25, 0.3) is 0 Å². The van der Waals surface area contributed by atoms with Crippen LogP contribution >= 0.6 is 0 Å². The van der Waals surface area contributed by atoms with Gasteiger partial charge in [-0.1, -0.05) is 12.1 Å². The average molecular weight is 366 g/mol. The third-order valence-electron chi connectivity index (χ3n) is 5.34. The van der Waals surface area contributed by atoms with Crippen molar-refractivity contribution in [2.45, 2.75) is 31.8 Å². The molecule has 2 heterocycles. The maximum absolute atomic E-state index is 13.5. The molecule has 1 saturated heterocycles. The van der Waals surface area contributed by atoms with E-state index in [1.54, 1.807) is 19.2 Å². The normalized spacial score (nSPS) is 16.8. The number of rotatable bonds is 5. The van der Waals surface area contributed by atoms with Crippen LogP contribution in [0.25, 0.3) is 10.9 Å². The minimum Gasteiger partial charge on any atom is -0.497 e. The summed E-state index contributed by atoms with van der Waals surface area (Å²) >= 11 is 0. The third kappa shape index (κ3) is 3.68. The molecule has 0 aliphatic carbocycles. The molecule has 27 heavy (non-hydrogen) atoms. The predicted octanol–water partition coefficient (Wildman–Crippen LogP) is 4.02. The fourth-order valence-corrected chi connectivity index (χ4v) is 3.99. The number of ether oxygens (including phenoxy) is 1. The van der Waals surface area contributed by atoms with Gasteiger partial charge in [0.15, 0.2) is 0 Å². The number of halogens is 1. The molecular weight excluding hydrogens is 343 g/mol. The van der Waals surface area contributed by atoms with Crippen molar-refractivity contribution in [2.75, 3.05) is 13.7 Å². The lowest BCUT2D eigenvalue weighted by Crippen LogP contribution is -2.38. The van der Waals surface area contributed by atoms with Gasteiger partial charge in [0.2, 0.25) is 5.91 Å². The maximum Gasteiger partial charge on any atom is 0.242 e. The highest BCUT2D eigenvalue weighted by Crippen LogP contribution is 2.24. The molecule has 4 nitrogen and oxygen atoms in total. The quantitative estimate of drug-likeness (QED) is 0.683. The van der Waals surface area contributed by atoms with E-state index in [9.17, 15) is 9.18 Å². The summed E-state index contributed by atoms with van der Waals surface area (Å²) in [5.41, 5.74) is 1.96. The van der Waals surface area contributed by atoms with E-state index >= 15 is 0 Å². The molecule has 1 fully saturated rings. The Labute approximate surface area is 158 Å². The van der Waals surface area contributed by atoms with Gasteiger partial charge in [-0.3, -0.25) is 4.79 Å². The molecule has 2 aromatic carbocycles. The second-order valence-electron chi connectivity index (χ2n) is 7.09. The largest absolute Gasteiger partial charge is 0.497 e. The molecule has 1 amide bonds. The first-order valence-corrected chi connectivity index (χ1v) is 9.31. The molecule has 0 bridgehead atoms. The lowest BCUT2D eigenvalue weighted by Gasteiger charge is -2.25. The molecular formula is C22H23FN2O2. The zero-order chi connectivity index (χ0) is 18.8. The fourth-order valence-electron chi connectivity index (χ4n) is 3.99. The number of hydrogen-bond donors (Lipinski definition) is 0. The first kappa shape index (κ1) is 17.6. The maximum atomic E-state index is 13.5. The zero-order valence-corrected chi connectivity index (χ0v) is 15.4. The minimum absolute atomic E-state index is 0.113. The number of amides is 1. The fraction of sp³-hybridized carbons (Fsp3) is 0.318. The molecule has 0 N–H and O–H groups in total. The van der Waals surface area contributed by atoms with Gasteiger partial charge in [-0.25, -0.2) is 4.39 Å². The van der Waals surface area contributed by atoms with Crippen LogP contribution in [0, 0.1) is 5.82 Å².